The SMILES string of the molecule is CN(C)P(=NP(=N)(N=P(N(C)C)(N(C)C)N(C)C)N=P(N(C)C)(N(C)C)N(C)C)(N(C)C)N(C)C. The van der Waals surface area contributed by atoms with Crippen molar-refractivity contribution in [2.75, 3.05) is 127 Å². The van der Waals surface area contributed by atoms with Crippen LogP contribution in [0.3, 0.4) is 0 Å². The van der Waals surface area contributed by atoms with Crippen LogP contribution in [0.4, 0.5) is 0 Å². The van der Waals surface area contributed by atoms with Crippen LogP contribution in [0.15, 0.2) is 13.5 Å². The largest absolute Gasteiger partial charge is 0.303 e. The first-order valence-corrected chi connectivity index (χ1v) is 17.7. The van der Waals surface area contributed by atoms with Crippen molar-refractivity contribution in [2.24, 2.45) is 13.5 Å². The topological polar surface area (TPSA) is 90.1 Å². The molecule has 0 fully saturated rings. The molecule has 0 atom stereocenters. The van der Waals surface area contributed by atoms with E-state index in [4.69, 9.17) is 13.5 Å². The van der Waals surface area contributed by atoms with E-state index in [-0.39, 0.29) is 0 Å². The Kier molecular flexibility index (Phi) is 13.3. The van der Waals surface area contributed by atoms with Gasteiger partial charge in [-0.2, -0.15) is 13.5 Å². The Morgan fingerprint density at radius 2 is 0.429 bits per heavy atom. The Hall–Kier alpha value is 0.560. The van der Waals surface area contributed by atoms with Gasteiger partial charge in [0.15, 0.2) is 22.5 Å². The van der Waals surface area contributed by atoms with Gasteiger partial charge in [-0.05, 0) is 127 Å². The third kappa shape index (κ3) is 6.96. The quantitative estimate of drug-likeness (QED) is 0.339. The summed E-state index contributed by atoms with van der Waals surface area (Å²) in [7, 11) is 25.7. The van der Waals surface area contributed by atoms with Gasteiger partial charge < -0.3 is 0 Å². The standard InChI is InChI=1S/C18H55N13P4/c1-23(2)33(24(3)4,25(5)6)20-32(19,21-34(26(7)8,27(9)10)28(11)12)22-35(29(13)14,30(15)16)31(17)18/h19H,1-18H3. The monoisotopic (exact) mass is 577 g/mol. The minimum Gasteiger partial charge on any atom is -0.258 e. The summed E-state index contributed by atoms with van der Waals surface area (Å²) in [5.41, 5.74) is 0. The summed E-state index contributed by atoms with van der Waals surface area (Å²) >= 11 is 0. The van der Waals surface area contributed by atoms with E-state index in [2.05, 4.69) is 42.0 Å². The lowest BCUT2D eigenvalue weighted by Gasteiger charge is -2.45. The van der Waals surface area contributed by atoms with Crippen LogP contribution in [0, 0.1) is 5.16 Å². The van der Waals surface area contributed by atoms with E-state index in [1.54, 1.807) is 0 Å². The predicted octanol–water partition coefficient (Wildman–Crippen LogP) is 4.40. The average Bonchev–Trinajstić information content (AvgIpc) is 2.66. The highest BCUT2D eigenvalue weighted by molar-refractivity contribution is 7.79. The van der Waals surface area contributed by atoms with Gasteiger partial charge in [-0.3, -0.25) is 47.2 Å². The smallest absolute Gasteiger partial charge is 0.258 e. The second-order valence-corrected chi connectivity index (χ2v) is 23.8. The molecule has 0 saturated heterocycles. The summed E-state index contributed by atoms with van der Waals surface area (Å²) in [5, 5.41) is 10.1. The van der Waals surface area contributed by atoms with Gasteiger partial charge in [-0.25, -0.2) is 0 Å². The lowest BCUT2D eigenvalue weighted by molar-refractivity contribution is 0.472. The van der Waals surface area contributed by atoms with Crippen LogP contribution >= 0.6 is 30.0 Å². The molecule has 0 aliphatic heterocycles. The molecule has 35 heavy (non-hydrogen) atoms. The summed E-state index contributed by atoms with van der Waals surface area (Å²) in [4.78, 5) is 0. The van der Waals surface area contributed by atoms with Crippen LogP contribution in [0.5, 0.6) is 0 Å². The van der Waals surface area contributed by atoms with E-state index in [9.17, 15) is 5.16 Å². The third-order valence-electron chi connectivity index (χ3n) is 5.56. The fourth-order valence-electron chi connectivity index (χ4n) is 4.50. The van der Waals surface area contributed by atoms with Crippen LogP contribution in [-0.2, 0) is 0 Å². The van der Waals surface area contributed by atoms with Gasteiger partial charge in [0.2, 0.25) is 0 Å². The van der Waals surface area contributed by atoms with Gasteiger partial charge in [-0.15, -0.1) is 0 Å². The molecular formula is C18H55N13P4. The molecular weight excluding hydrogens is 522 g/mol. The Morgan fingerprint density at radius 1 is 0.314 bits per heavy atom. The molecule has 0 unspecified atom stereocenters. The maximum absolute atomic E-state index is 10.1. The molecule has 0 aromatic rings. The van der Waals surface area contributed by atoms with Crippen LogP contribution in [0.25, 0.3) is 0 Å². The normalized spacial score (nSPS) is 14.7. The minimum atomic E-state index is -3.42. The third-order valence-corrected chi connectivity index (χ3v) is 21.1. The molecule has 0 aliphatic rings. The Balaban J connectivity index is 8.54. The summed E-state index contributed by atoms with van der Waals surface area (Å²) in [5.74, 6) is 0. The van der Waals surface area contributed by atoms with Crippen LogP contribution in [0.1, 0.15) is 0 Å². The molecule has 0 aliphatic carbocycles. The zero-order valence-electron chi connectivity index (χ0n) is 25.7. The molecule has 0 saturated carbocycles. The maximum atomic E-state index is 10.1. The van der Waals surface area contributed by atoms with Crippen molar-refractivity contribution in [3.05, 3.63) is 0 Å². The lowest BCUT2D eigenvalue weighted by Crippen LogP contribution is -2.32. The molecule has 1 N–H and O–H groups in total. The van der Waals surface area contributed by atoms with E-state index in [1.807, 2.05) is 127 Å². The van der Waals surface area contributed by atoms with Crippen LogP contribution in [0.2, 0.25) is 0 Å². The zero-order valence-corrected chi connectivity index (χ0v) is 29.2. The van der Waals surface area contributed by atoms with Crippen LogP contribution < -0.4 is 0 Å². The van der Waals surface area contributed by atoms with Crippen molar-refractivity contribution in [1.82, 2.24) is 42.0 Å². The van der Waals surface area contributed by atoms with Crippen molar-refractivity contribution in [3.8, 4) is 0 Å². The number of rotatable bonds is 12. The fourth-order valence-corrected chi connectivity index (χ4v) is 22.1. The van der Waals surface area contributed by atoms with Crippen molar-refractivity contribution >= 4 is 30.0 Å². The Morgan fingerprint density at radius 3 is 0.514 bits per heavy atom. The van der Waals surface area contributed by atoms with Gasteiger partial charge in [0.05, 0.1) is 0 Å². The molecule has 0 aromatic heterocycles. The van der Waals surface area contributed by atoms with E-state index in [0.29, 0.717) is 0 Å². The maximum Gasteiger partial charge on any atom is 0.303 e. The fraction of sp³-hybridized carbons (Fsp3) is 1.00. The molecule has 0 bridgehead atoms. The number of hydrogen-bond acceptors (Lipinski definition) is 1. The first kappa shape index (κ1) is 35.6. The molecule has 17 heteroatoms. The first-order chi connectivity index (χ1) is 15.6. The van der Waals surface area contributed by atoms with Crippen molar-refractivity contribution in [1.29, 1.82) is 5.16 Å². The lowest BCUT2D eigenvalue weighted by atomic mass is 11.2. The van der Waals surface area contributed by atoms with Gasteiger partial charge in [-0.1, -0.05) is 0 Å². The molecule has 0 spiro atoms. The second-order valence-electron chi connectivity index (χ2n) is 10.1. The number of nitrogens with zero attached hydrogens (tertiary/aromatic N) is 12. The molecule has 13 nitrogen and oxygen atoms in total. The number of hydrogen-bond donors (Lipinski definition) is 1. The number of nitrogens with one attached hydrogen (secondary N) is 1. The van der Waals surface area contributed by atoms with Crippen molar-refractivity contribution < 1.29 is 0 Å². The van der Waals surface area contributed by atoms with Gasteiger partial charge >= 0.3 is 7.51 Å². The molecule has 0 radical (unpaired) electrons. The highest BCUT2D eigenvalue weighted by Crippen LogP contribution is 2.76. The van der Waals surface area contributed by atoms with E-state index in [1.165, 1.54) is 0 Å². The molecule has 0 amide bonds. The highest BCUT2D eigenvalue weighted by Gasteiger charge is 2.40. The predicted molar refractivity (Wildman–Crippen MR) is 161 cm³/mol. The van der Waals surface area contributed by atoms with Crippen molar-refractivity contribution in [2.45, 2.75) is 0 Å². The van der Waals surface area contributed by atoms with Crippen molar-refractivity contribution in [3.63, 3.8) is 0 Å². The van der Waals surface area contributed by atoms with Crippen LogP contribution in [-0.4, -0.2) is 169 Å². The summed E-state index contributed by atoms with van der Waals surface area (Å²) < 4.78 is 35.4. The van der Waals surface area contributed by atoms with E-state index >= 15 is 0 Å². The Bertz CT molecular complexity index is 704. The summed E-state index contributed by atoms with van der Waals surface area (Å²) in [6.07, 6.45) is 0. The summed E-state index contributed by atoms with van der Waals surface area (Å²) in [6, 6.07) is 0. The highest BCUT2D eigenvalue weighted by atomic mass is 31.3. The van der Waals surface area contributed by atoms with Gasteiger partial charge in [0, 0.05) is 0 Å². The van der Waals surface area contributed by atoms with E-state index < -0.39 is 30.0 Å². The zero-order chi connectivity index (χ0) is 28.3. The van der Waals surface area contributed by atoms with Gasteiger partial charge in [0.25, 0.3) is 0 Å². The Labute approximate surface area is 217 Å². The average molecular weight is 578 g/mol. The molecule has 212 valence electrons. The second kappa shape index (κ2) is 13.1. The molecule has 0 heterocycles. The first-order valence-electron chi connectivity index (χ1n) is 11.3. The van der Waals surface area contributed by atoms with Gasteiger partial charge in [0.1, 0.15) is 0 Å². The van der Waals surface area contributed by atoms with E-state index in [0.717, 1.165) is 0 Å². The molecule has 0 aromatic carbocycles. The molecule has 0 rings (SSSR count). The summed E-state index contributed by atoms with van der Waals surface area (Å²) in [6.45, 7) is 0. The minimum absolute atomic E-state index is 2.03.